The summed E-state index contributed by atoms with van der Waals surface area (Å²) in [5.41, 5.74) is -3.21. The molecular formula is C14H10BrF4NS. The monoisotopic (exact) mass is 379 g/mol. The second-order valence-corrected chi connectivity index (χ2v) is 6.13. The number of hydrogen-bond acceptors (Lipinski definition) is 2. The standard InChI is InChI=1S/C14H10BrF4NS/c15-11-2-1-3-12(16)13(11)20-8-9-4-6-10(7-5-9)21-14(17,18)19/h1-7,20H,8H2. The van der Waals surface area contributed by atoms with Gasteiger partial charge in [-0.25, -0.2) is 4.39 Å². The third-order valence-electron chi connectivity index (χ3n) is 2.59. The van der Waals surface area contributed by atoms with Crippen molar-refractivity contribution in [1.82, 2.24) is 0 Å². The summed E-state index contributed by atoms with van der Waals surface area (Å²) in [4.78, 5) is 0.123. The summed E-state index contributed by atoms with van der Waals surface area (Å²) < 4.78 is 50.8. The largest absolute Gasteiger partial charge is 0.446 e. The first-order chi connectivity index (χ1) is 9.85. The third kappa shape index (κ3) is 4.93. The van der Waals surface area contributed by atoms with Crippen LogP contribution in [0.5, 0.6) is 0 Å². The van der Waals surface area contributed by atoms with Crippen LogP contribution in [-0.4, -0.2) is 5.51 Å². The summed E-state index contributed by atoms with van der Waals surface area (Å²) in [6.45, 7) is 0.316. The summed E-state index contributed by atoms with van der Waals surface area (Å²) in [5.74, 6) is -0.395. The smallest absolute Gasteiger partial charge is 0.378 e. The molecule has 0 aromatic heterocycles. The van der Waals surface area contributed by atoms with Crippen molar-refractivity contribution < 1.29 is 17.6 Å². The van der Waals surface area contributed by atoms with Crippen molar-refractivity contribution in [1.29, 1.82) is 0 Å². The molecular weight excluding hydrogens is 370 g/mol. The number of rotatable bonds is 4. The summed E-state index contributed by atoms with van der Waals surface area (Å²) in [6, 6.07) is 10.6. The summed E-state index contributed by atoms with van der Waals surface area (Å²) >= 11 is 3.08. The molecule has 2 aromatic rings. The van der Waals surface area contributed by atoms with Crippen LogP contribution in [0.25, 0.3) is 0 Å². The fraction of sp³-hybridized carbons (Fsp3) is 0.143. The lowest BCUT2D eigenvalue weighted by molar-refractivity contribution is -0.0328. The number of nitrogens with one attached hydrogen (secondary N) is 1. The Morgan fingerprint density at radius 1 is 1.05 bits per heavy atom. The van der Waals surface area contributed by atoms with E-state index in [1.165, 1.54) is 18.2 Å². The van der Waals surface area contributed by atoms with Crippen LogP contribution in [0, 0.1) is 5.82 Å². The lowest BCUT2D eigenvalue weighted by Gasteiger charge is -2.10. The Kier molecular flexibility index (Phi) is 5.16. The van der Waals surface area contributed by atoms with Crippen LogP contribution in [0.15, 0.2) is 51.8 Å². The highest BCUT2D eigenvalue weighted by atomic mass is 79.9. The van der Waals surface area contributed by atoms with E-state index >= 15 is 0 Å². The van der Waals surface area contributed by atoms with Gasteiger partial charge in [0.2, 0.25) is 0 Å². The van der Waals surface area contributed by atoms with Gasteiger partial charge >= 0.3 is 5.51 Å². The van der Waals surface area contributed by atoms with Crippen molar-refractivity contribution in [2.45, 2.75) is 16.9 Å². The van der Waals surface area contributed by atoms with Gasteiger partial charge in [-0.2, -0.15) is 13.2 Å². The topological polar surface area (TPSA) is 12.0 Å². The van der Waals surface area contributed by atoms with Crippen molar-refractivity contribution in [2.24, 2.45) is 0 Å². The quantitative estimate of drug-likeness (QED) is 0.531. The summed E-state index contributed by atoms with van der Waals surface area (Å²) in [7, 11) is 0. The first-order valence-corrected chi connectivity index (χ1v) is 7.49. The lowest BCUT2D eigenvalue weighted by Crippen LogP contribution is -2.02. The maximum Gasteiger partial charge on any atom is 0.446 e. The number of thioether (sulfide) groups is 1. The molecule has 0 amide bonds. The van der Waals surface area contributed by atoms with E-state index in [0.717, 1.165) is 5.56 Å². The molecule has 0 saturated carbocycles. The highest BCUT2D eigenvalue weighted by Crippen LogP contribution is 2.36. The van der Waals surface area contributed by atoms with Crippen LogP contribution >= 0.6 is 27.7 Å². The normalized spacial score (nSPS) is 11.5. The zero-order chi connectivity index (χ0) is 15.5. The van der Waals surface area contributed by atoms with E-state index in [0.29, 0.717) is 16.7 Å². The minimum Gasteiger partial charge on any atom is -0.378 e. The Balaban J connectivity index is 2.01. The Bertz CT molecular complexity index is 593. The molecule has 0 saturated heterocycles. The van der Waals surface area contributed by atoms with Crippen LogP contribution < -0.4 is 5.32 Å². The molecule has 1 N–H and O–H groups in total. The van der Waals surface area contributed by atoms with E-state index < -0.39 is 11.3 Å². The first kappa shape index (κ1) is 16.2. The molecule has 0 atom stereocenters. The maximum atomic E-state index is 13.6. The number of alkyl halides is 3. The van der Waals surface area contributed by atoms with Crippen LogP contribution in [0.4, 0.5) is 23.2 Å². The molecule has 2 rings (SSSR count). The van der Waals surface area contributed by atoms with Gasteiger partial charge in [-0.3, -0.25) is 0 Å². The first-order valence-electron chi connectivity index (χ1n) is 5.88. The fourth-order valence-corrected chi connectivity index (χ4v) is 2.69. The van der Waals surface area contributed by atoms with Crippen molar-refractivity contribution in [3.63, 3.8) is 0 Å². The van der Waals surface area contributed by atoms with Crippen molar-refractivity contribution in [3.05, 3.63) is 58.3 Å². The molecule has 0 bridgehead atoms. The Morgan fingerprint density at radius 3 is 2.29 bits per heavy atom. The number of halogens is 5. The molecule has 0 unspecified atom stereocenters. The molecule has 0 heterocycles. The highest BCUT2D eigenvalue weighted by molar-refractivity contribution is 9.10. The van der Waals surface area contributed by atoms with E-state index in [9.17, 15) is 17.6 Å². The van der Waals surface area contributed by atoms with Crippen molar-refractivity contribution >= 4 is 33.4 Å². The molecule has 112 valence electrons. The van der Waals surface area contributed by atoms with Gasteiger partial charge in [-0.05, 0) is 57.5 Å². The average molecular weight is 380 g/mol. The van der Waals surface area contributed by atoms with E-state index in [2.05, 4.69) is 21.2 Å². The second-order valence-electron chi connectivity index (χ2n) is 4.14. The molecule has 0 aliphatic heterocycles. The lowest BCUT2D eigenvalue weighted by atomic mass is 10.2. The van der Waals surface area contributed by atoms with Gasteiger partial charge in [0, 0.05) is 15.9 Å². The van der Waals surface area contributed by atoms with Gasteiger partial charge in [0.1, 0.15) is 5.82 Å². The van der Waals surface area contributed by atoms with Gasteiger partial charge < -0.3 is 5.32 Å². The predicted molar refractivity (Wildman–Crippen MR) is 79.8 cm³/mol. The molecule has 0 aliphatic carbocycles. The van der Waals surface area contributed by atoms with Crippen molar-refractivity contribution in [2.75, 3.05) is 5.32 Å². The molecule has 1 nitrogen and oxygen atoms in total. The van der Waals surface area contributed by atoms with E-state index in [1.807, 2.05) is 0 Å². The molecule has 0 radical (unpaired) electrons. The van der Waals surface area contributed by atoms with Gasteiger partial charge in [-0.15, -0.1) is 0 Å². The van der Waals surface area contributed by atoms with Crippen LogP contribution in [-0.2, 0) is 6.54 Å². The van der Waals surface area contributed by atoms with Crippen LogP contribution in [0.2, 0.25) is 0 Å². The zero-order valence-corrected chi connectivity index (χ0v) is 12.9. The molecule has 21 heavy (non-hydrogen) atoms. The molecule has 0 aliphatic rings. The van der Waals surface area contributed by atoms with Gasteiger partial charge in [0.05, 0.1) is 5.69 Å². The Labute approximate surface area is 131 Å². The number of benzene rings is 2. The summed E-state index contributed by atoms with van der Waals surface area (Å²) in [6.07, 6.45) is 0. The van der Waals surface area contributed by atoms with E-state index in [-0.39, 0.29) is 16.7 Å². The average Bonchev–Trinajstić information content (AvgIpc) is 2.38. The van der Waals surface area contributed by atoms with Gasteiger partial charge in [-0.1, -0.05) is 18.2 Å². The Hall–Kier alpha value is -1.21. The fourth-order valence-electron chi connectivity index (χ4n) is 1.67. The van der Waals surface area contributed by atoms with E-state index in [4.69, 9.17) is 0 Å². The third-order valence-corrected chi connectivity index (χ3v) is 3.99. The number of hydrogen-bond donors (Lipinski definition) is 1. The SMILES string of the molecule is Fc1cccc(Br)c1NCc1ccc(SC(F)(F)F)cc1. The molecule has 2 aromatic carbocycles. The van der Waals surface area contributed by atoms with Gasteiger partial charge in [0.25, 0.3) is 0 Å². The van der Waals surface area contributed by atoms with Crippen molar-refractivity contribution in [3.8, 4) is 0 Å². The minimum atomic E-state index is -4.29. The second kappa shape index (κ2) is 6.70. The highest BCUT2D eigenvalue weighted by Gasteiger charge is 2.28. The summed E-state index contributed by atoms with van der Waals surface area (Å²) in [5, 5.41) is 2.91. The number of anilines is 1. The minimum absolute atomic E-state index is 0.123. The van der Waals surface area contributed by atoms with Gasteiger partial charge in [0.15, 0.2) is 0 Å². The maximum absolute atomic E-state index is 13.6. The number of para-hydroxylation sites is 1. The Morgan fingerprint density at radius 2 is 1.71 bits per heavy atom. The molecule has 0 fully saturated rings. The van der Waals surface area contributed by atoms with Crippen LogP contribution in [0.1, 0.15) is 5.56 Å². The van der Waals surface area contributed by atoms with Crippen LogP contribution in [0.3, 0.4) is 0 Å². The molecule has 7 heteroatoms. The van der Waals surface area contributed by atoms with E-state index in [1.54, 1.807) is 24.3 Å². The molecule has 0 spiro atoms. The predicted octanol–water partition coefficient (Wildman–Crippen LogP) is 5.81. The zero-order valence-electron chi connectivity index (χ0n) is 10.5.